The molecule has 1 aliphatic heterocycles. The molecule has 1 aromatic carbocycles. The molecule has 0 radical (unpaired) electrons. The molecule has 0 bridgehead atoms. The second kappa shape index (κ2) is 9.09. The lowest BCUT2D eigenvalue weighted by Gasteiger charge is -2.13. The summed E-state index contributed by atoms with van der Waals surface area (Å²) in [6.07, 6.45) is 1.02. The standard InChI is InChI=1S/C19H22N2O6/c1-4-8-20-16(22)12(2)27-19(25)13-6-7-14-15(11-13)18(24)21(17(14)23)9-5-10-26-3/h4,6-7,11-12H,1,5,8-10H2,2-3H3,(H,20,22). The van der Waals surface area contributed by atoms with Crippen LogP contribution in [-0.2, 0) is 14.3 Å². The minimum atomic E-state index is -1.01. The van der Waals surface area contributed by atoms with Gasteiger partial charge in [-0.3, -0.25) is 19.3 Å². The van der Waals surface area contributed by atoms with Crippen molar-refractivity contribution in [2.75, 3.05) is 26.8 Å². The van der Waals surface area contributed by atoms with Gasteiger partial charge in [-0.2, -0.15) is 0 Å². The first kappa shape index (κ1) is 20.3. The largest absolute Gasteiger partial charge is 0.449 e. The lowest BCUT2D eigenvalue weighted by atomic mass is 10.1. The number of methoxy groups -OCH3 is 1. The highest BCUT2D eigenvalue weighted by atomic mass is 16.5. The van der Waals surface area contributed by atoms with Crippen LogP contribution in [0.4, 0.5) is 0 Å². The van der Waals surface area contributed by atoms with Gasteiger partial charge in [0.2, 0.25) is 0 Å². The molecule has 2 rings (SSSR count). The zero-order valence-corrected chi connectivity index (χ0v) is 15.3. The molecule has 0 saturated carbocycles. The summed E-state index contributed by atoms with van der Waals surface area (Å²) in [5, 5.41) is 2.52. The average Bonchev–Trinajstić information content (AvgIpc) is 2.90. The lowest BCUT2D eigenvalue weighted by Crippen LogP contribution is -2.35. The van der Waals surface area contributed by atoms with E-state index in [0.717, 1.165) is 4.90 Å². The molecule has 1 N–H and O–H groups in total. The van der Waals surface area contributed by atoms with Gasteiger partial charge in [-0.1, -0.05) is 6.08 Å². The van der Waals surface area contributed by atoms with E-state index in [4.69, 9.17) is 9.47 Å². The van der Waals surface area contributed by atoms with Crippen LogP contribution >= 0.6 is 0 Å². The number of nitrogens with zero attached hydrogens (tertiary/aromatic N) is 1. The van der Waals surface area contributed by atoms with E-state index in [1.807, 2.05) is 0 Å². The Morgan fingerprint density at radius 2 is 1.96 bits per heavy atom. The van der Waals surface area contributed by atoms with Gasteiger partial charge >= 0.3 is 5.97 Å². The number of carbonyl (C=O) groups excluding carboxylic acids is 4. The number of nitrogens with one attached hydrogen (secondary N) is 1. The number of fused-ring (bicyclic) bond motifs is 1. The van der Waals surface area contributed by atoms with Gasteiger partial charge in [0.15, 0.2) is 6.10 Å². The molecular weight excluding hydrogens is 352 g/mol. The fourth-order valence-electron chi connectivity index (χ4n) is 2.59. The Bertz CT molecular complexity index is 773. The van der Waals surface area contributed by atoms with Gasteiger partial charge in [-0.05, 0) is 31.5 Å². The molecule has 1 heterocycles. The van der Waals surface area contributed by atoms with Crippen LogP contribution in [0.5, 0.6) is 0 Å². The SMILES string of the molecule is C=CCNC(=O)C(C)OC(=O)c1ccc2c(c1)C(=O)N(CCCOC)C2=O. The number of rotatable bonds is 9. The van der Waals surface area contributed by atoms with Gasteiger partial charge < -0.3 is 14.8 Å². The molecule has 0 aromatic heterocycles. The van der Waals surface area contributed by atoms with Gasteiger partial charge in [0.1, 0.15) is 0 Å². The van der Waals surface area contributed by atoms with Gasteiger partial charge in [0.25, 0.3) is 17.7 Å². The Balaban J connectivity index is 2.09. The molecule has 1 atom stereocenters. The molecule has 1 aromatic rings. The van der Waals surface area contributed by atoms with Crippen molar-refractivity contribution in [3.05, 3.63) is 47.5 Å². The first-order valence-corrected chi connectivity index (χ1v) is 8.49. The van der Waals surface area contributed by atoms with Crippen molar-refractivity contribution in [1.29, 1.82) is 0 Å². The zero-order chi connectivity index (χ0) is 20.0. The minimum absolute atomic E-state index is 0.0945. The number of ether oxygens (including phenoxy) is 2. The summed E-state index contributed by atoms with van der Waals surface area (Å²) >= 11 is 0. The van der Waals surface area contributed by atoms with Crippen LogP contribution < -0.4 is 5.32 Å². The summed E-state index contributed by atoms with van der Waals surface area (Å²) in [6.45, 7) is 5.85. The number of hydrogen-bond acceptors (Lipinski definition) is 6. The second-order valence-electron chi connectivity index (χ2n) is 5.95. The van der Waals surface area contributed by atoms with E-state index in [9.17, 15) is 19.2 Å². The highest BCUT2D eigenvalue weighted by Crippen LogP contribution is 2.24. The number of hydrogen-bond donors (Lipinski definition) is 1. The molecule has 0 spiro atoms. The van der Waals surface area contributed by atoms with E-state index in [2.05, 4.69) is 11.9 Å². The molecule has 3 amide bonds. The Hall–Kier alpha value is -3.00. The maximum atomic E-state index is 12.5. The number of benzene rings is 1. The van der Waals surface area contributed by atoms with E-state index in [0.29, 0.717) is 13.0 Å². The molecule has 27 heavy (non-hydrogen) atoms. The average molecular weight is 374 g/mol. The molecule has 0 fully saturated rings. The first-order chi connectivity index (χ1) is 12.9. The lowest BCUT2D eigenvalue weighted by molar-refractivity contribution is -0.128. The normalized spacial score (nSPS) is 13.9. The van der Waals surface area contributed by atoms with Gasteiger partial charge in [0.05, 0.1) is 16.7 Å². The summed E-state index contributed by atoms with van der Waals surface area (Å²) in [4.78, 5) is 50.0. The van der Waals surface area contributed by atoms with Crippen LogP contribution in [0.3, 0.4) is 0 Å². The van der Waals surface area contributed by atoms with E-state index in [1.165, 1.54) is 31.2 Å². The van der Waals surface area contributed by atoms with Crippen molar-refractivity contribution < 1.29 is 28.7 Å². The van der Waals surface area contributed by atoms with Gasteiger partial charge in [-0.15, -0.1) is 6.58 Å². The maximum Gasteiger partial charge on any atom is 0.338 e. The summed E-state index contributed by atoms with van der Waals surface area (Å²) in [5.74, 6) is -2.07. The molecule has 1 unspecified atom stereocenters. The van der Waals surface area contributed by atoms with Crippen LogP contribution in [-0.4, -0.2) is 61.5 Å². The van der Waals surface area contributed by atoms with E-state index < -0.39 is 29.8 Å². The molecule has 144 valence electrons. The van der Waals surface area contributed by atoms with Crippen LogP contribution in [0.15, 0.2) is 30.9 Å². The topological polar surface area (TPSA) is 102 Å². The first-order valence-electron chi connectivity index (χ1n) is 8.49. The minimum Gasteiger partial charge on any atom is -0.449 e. The van der Waals surface area contributed by atoms with Crippen molar-refractivity contribution in [3.8, 4) is 0 Å². The highest BCUT2D eigenvalue weighted by molar-refractivity contribution is 6.22. The van der Waals surface area contributed by atoms with Crippen molar-refractivity contribution in [2.24, 2.45) is 0 Å². The predicted molar refractivity (Wildman–Crippen MR) is 96.4 cm³/mol. The number of carbonyl (C=O) groups is 4. The van der Waals surface area contributed by atoms with E-state index in [-0.39, 0.29) is 29.8 Å². The number of esters is 1. The van der Waals surface area contributed by atoms with Crippen molar-refractivity contribution in [1.82, 2.24) is 10.2 Å². The third kappa shape index (κ3) is 4.59. The monoisotopic (exact) mass is 374 g/mol. The van der Waals surface area contributed by atoms with E-state index in [1.54, 1.807) is 7.11 Å². The Labute approximate surface area is 157 Å². The van der Waals surface area contributed by atoms with Gasteiger partial charge in [-0.25, -0.2) is 4.79 Å². The molecule has 8 nitrogen and oxygen atoms in total. The van der Waals surface area contributed by atoms with Crippen molar-refractivity contribution >= 4 is 23.7 Å². The van der Waals surface area contributed by atoms with E-state index >= 15 is 0 Å². The second-order valence-corrected chi connectivity index (χ2v) is 5.95. The summed E-state index contributed by atoms with van der Waals surface area (Å²) < 4.78 is 10.0. The molecule has 8 heteroatoms. The van der Waals surface area contributed by atoms with Crippen molar-refractivity contribution in [2.45, 2.75) is 19.4 Å². The highest BCUT2D eigenvalue weighted by Gasteiger charge is 2.35. The number of imide groups is 1. The molecular formula is C19H22N2O6. The number of amides is 3. The molecule has 0 saturated heterocycles. The van der Waals surface area contributed by atoms with Crippen molar-refractivity contribution in [3.63, 3.8) is 0 Å². The Morgan fingerprint density at radius 1 is 1.26 bits per heavy atom. The maximum absolute atomic E-state index is 12.5. The fraction of sp³-hybridized carbons (Fsp3) is 0.368. The Kier molecular flexibility index (Phi) is 6.84. The Morgan fingerprint density at radius 3 is 2.63 bits per heavy atom. The smallest absolute Gasteiger partial charge is 0.338 e. The van der Waals surface area contributed by atoms with Crippen LogP contribution in [0.25, 0.3) is 0 Å². The summed E-state index contributed by atoms with van der Waals surface area (Å²) in [6, 6.07) is 4.15. The van der Waals surface area contributed by atoms with Crippen LogP contribution in [0.2, 0.25) is 0 Å². The summed E-state index contributed by atoms with van der Waals surface area (Å²) in [7, 11) is 1.54. The van der Waals surface area contributed by atoms with Crippen LogP contribution in [0.1, 0.15) is 44.4 Å². The van der Waals surface area contributed by atoms with Crippen LogP contribution in [0, 0.1) is 0 Å². The molecule has 1 aliphatic rings. The van der Waals surface area contributed by atoms with Gasteiger partial charge in [0, 0.05) is 26.8 Å². The fourth-order valence-corrected chi connectivity index (χ4v) is 2.59. The summed E-state index contributed by atoms with van der Waals surface area (Å²) in [5.41, 5.74) is 0.485. The third-order valence-electron chi connectivity index (χ3n) is 4.01. The molecule has 0 aliphatic carbocycles. The predicted octanol–water partition coefficient (Wildman–Crippen LogP) is 1.17. The quantitative estimate of drug-likeness (QED) is 0.301. The zero-order valence-electron chi connectivity index (χ0n) is 15.3. The third-order valence-corrected chi connectivity index (χ3v) is 4.01.